The average Bonchev–Trinajstić information content (AvgIpc) is 3.16. The lowest BCUT2D eigenvalue weighted by molar-refractivity contribution is -0.132. The minimum atomic E-state index is -0.874. The highest BCUT2D eigenvalue weighted by atomic mass is 16.2. The molecular formula is C15H21N3O3. The quantitative estimate of drug-likeness (QED) is 0.732. The second-order valence-electron chi connectivity index (χ2n) is 7.19. The molecule has 4 aliphatic rings. The Kier molecular flexibility index (Phi) is 2.78. The van der Waals surface area contributed by atoms with Gasteiger partial charge in [-0.05, 0) is 43.4 Å². The maximum atomic E-state index is 12.5. The van der Waals surface area contributed by atoms with E-state index in [1.54, 1.807) is 4.90 Å². The van der Waals surface area contributed by atoms with Crippen LogP contribution in [-0.4, -0.2) is 41.4 Å². The number of amides is 4. The highest BCUT2D eigenvalue weighted by molar-refractivity contribution is 6.07. The molecule has 2 aliphatic heterocycles. The van der Waals surface area contributed by atoms with E-state index in [9.17, 15) is 14.4 Å². The molecule has 2 N–H and O–H groups in total. The first-order valence-electron chi connectivity index (χ1n) is 7.97. The molecule has 0 aromatic carbocycles. The lowest BCUT2D eigenvalue weighted by Gasteiger charge is -2.25. The largest absolute Gasteiger partial charge is 0.340 e. The third kappa shape index (κ3) is 2.03. The smallest absolute Gasteiger partial charge is 0.322 e. The molecule has 2 saturated carbocycles. The summed E-state index contributed by atoms with van der Waals surface area (Å²) in [6, 6.07) is -0.442. The number of nitrogens with one attached hydrogen (secondary N) is 2. The molecule has 2 aliphatic carbocycles. The summed E-state index contributed by atoms with van der Waals surface area (Å²) in [5.74, 6) is 1.99. The van der Waals surface area contributed by atoms with Crippen LogP contribution in [0.5, 0.6) is 0 Å². The minimum absolute atomic E-state index is 0.151. The van der Waals surface area contributed by atoms with Crippen LogP contribution < -0.4 is 10.6 Å². The summed E-state index contributed by atoms with van der Waals surface area (Å²) in [6.07, 6.45) is 6.27. The number of fused-ring (bicyclic) bond motifs is 2. The van der Waals surface area contributed by atoms with Crippen LogP contribution in [0, 0.1) is 17.8 Å². The first-order chi connectivity index (χ1) is 10.1. The van der Waals surface area contributed by atoms with E-state index < -0.39 is 11.6 Å². The van der Waals surface area contributed by atoms with Crippen molar-refractivity contribution in [3.63, 3.8) is 0 Å². The zero-order valence-corrected chi connectivity index (χ0v) is 12.1. The SMILES string of the molecule is O=C1NC(=O)C2(CCN(C(=O)CC3CC4CCC3C4)C2)N1. The molecule has 2 saturated heterocycles. The monoisotopic (exact) mass is 291 g/mol. The van der Waals surface area contributed by atoms with Crippen molar-refractivity contribution in [1.82, 2.24) is 15.5 Å². The summed E-state index contributed by atoms with van der Waals surface area (Å²) in [7, 11) is 0. The van der Waals surface area contributed by atoms with E-state index >= 15 is 0 Å². The molecule has 4 amide bonds. The van der Waals surface area contributed by atoms with E-state index in [2.05, 4.69) is 10.6 Å². The summed E-state index contributed by atoms with van der Waals surface area (Å²) in [6.45, 7) is 0.886. The third-order valence-corrected chi connectivity index (χ3v) is 5.96. The molecule has 6 heteroatoms. The lowest BCUT2D eigenvalue weighted by Crippen LogP contribution is -2.49. The van der Waals surface area contributed by atoms with Gasteiger partial charge in [-0.15, -0.1) is 0 Å². The van der Waals surface area contributed by atoms with E-state index in [1.165, 1.54) is 25.7 Å². The highest BCUT2D eigenvalue weighted by Gasteiger charge is 2.52. The number of nitrogens with zero attached hydrogens (tertiary/aromatic N) is 1. The molecule has 4 fully saturated rings. The van der Waals surface area contributed by atoms with Gasteiger partial charge in [0.05, 0.1) is 6.54 Å². The van der Waals surface area contributed by atoms with Gasteiger partial charge < -0.3 is 10.2 Å². The Morgan fingerprint density at radius 1 is 1.29 bits per heavy atom. The second-order valence-corrected chi connectivity index (χ2v) is 7.19. The van der Waals surface area contributed by atoms with Gasteiger partial charge in [0.25, 0.3) is 5.91 Å². The fourth-order valence-electron chi connectivity index (χ4n) is 4.82. The summed E-state index contributed by atoms with van der Waals surface area (Å²) in [4.78, 5) is 37.5. The number of urea groups is 1. The van der Waals surface area contributed by atoms with E-state index in [1.807, 2.05) is 0 Å². The number of carbonyl (C=O) groups is 3. The molecule has 6 nitrogen and oxygen atoms in total. The molecule has 4 unspecified atom stereocenters. The fraction of sp³-hybridized carbons (Fsp3) is 0.800. The molecule has 2 heterocycles. The maximum absolute atomic E-state index is 12.5. The van der Waals surface area contributed by atoms with Gasteiger partial charge in [-0.25, -0.2) is 4.79 Å². The molecule has 0 aromatic rings. The number of hydrogen-bond donors (Lipinski definition) is 2. The lowest BCUT2D eigenvalue weighted by atomic mass is 9.86. The standard InChI is InChI=1S/C15H21N3O3/c19-12(7-11-6-9-1-2-10(11)5-9)18-4-3-15(8-18)13(20)16-14(21)17-15/h9-11H,1-8H2,(H2,16,17,20,21). The van der Waals surface area contributed by atoms with Gasteiger partial charge in [0, 0.05) is 13.0 Å². The molecule has 2 bridgehead atoms. The Morgan fingerprint density at radius 2 is 2.14 bits per heavy atom. The van der Waals surface area contributed by atoms with Crippen molar-refractivity contribution >= 4 is 17.8 Å². The van der Waals surface area contributed by atoms with Gasteiger partial charge >= 0.3 is 6.03 Å². The fourth-order valence-corrected chi connectivity index (χ4v) is 4.82. The van der Waals surface area contributed by atoms with Crippen molar-refractivity contribution in [2.45, 2.75) is 44.1 Å². The van der Waals surface area contributed by atoms with E-state index in [-0.39, 0.29) is 11.8 Å². The molecule has 4 atom stereocenters. The summed E-state index contributed by atoms with van der Waals surface area (Å²) in [5.41, 5.74) is -0.874. The van der Waals surface area contributed by atoms with Gasteiger partial charge in [0.2, 0.25) is 5.91 Å². The Bertz CT molecular complexity index is 520. The zero-order chi connectivity index (χ0) is 14.6. The zero-order valence-electron chi connectivity index (χ0n) is 12.1. The van der Waals surface area contributed by atoms with Crippen LogP contribution in [0.3, 0.4) is 0 Å². The summed E-state index contributed by atoms with van der Waals surface area (Å²) in [5, 5.41) is 4.97. The maximum Gasteiger partial charge on any atom is 0.322 e. The van der Waals surface area contributed by atoms with Crippen molar-refractivity contribution in [1.29, 1.82) is 0 Å². The van der Waals surface area contributed by atoms with Crippen LogP contribution in [0.4, 0.5) is 4.79 Å². The van der Waals surface area contributed by atoms with Gasteiger partial charge in [-0.2, -0.15) is 0 Å². The van der Waals surface area contributed by atoms with Crippen LogP contribution in [0.25, 0.3) is 0 Å². The van der Waals surface area contributed by atoms with Crippen LogP contribution in [0.2, 0.25) is 0 Å². The minimum Gasteiger partial charge on any atom is -0.340 e. The van der Waals surface area contributed by atoms with E-state index in [4.69, 9.17) is 0 Å². The van der Waals surface area contributed by atoms with Crippen LogP contribution in [0.1, 0.15) is 38.5 Å². The van der Waals surface area contributed by atoms with Crippen molar-refractivity contribution in [3.8, 4) is 0 Å². The highest BCUT2D eigenvalue weighted by Crippen LogP contribution is 2.49. The second kappa shape index (κ2) is 4.45. The normalized spacial score (nSPS) is 41.0. The molecular weight excluding hydrogens is 270 g/mol. The van der Waals surface area contributed by atoms with Gasteiger partial charge in [0.1, 0.15) is 5.54 Å². The predicted octanol–water partition coefficient (Wildman–Crippen LogP) is 0.623. The van der Waals surface area contributed by atoms with Crippen LogP contribution in [0.15, 0.2) is 0 Å². The van der Waals surface area contributed by atoms with Crippen molar-refractivity contribution in [2.75, 3.05) is 13.1 Å². The average molecular weight is 291 g/mol. The Balaban J connectivity index is 1.38. The number of hydrogen-bond acceptors (Lipinski definition) is 3. The van der Waals surface area contributed by atoms with E-state index in [0.29, 0.717) is 31.8 Å². The third-order valence-electron chi connectivity index (χ3n) is 5.96. The Morgan fingerprint density at radius 3 is 2.76 bits per heavy atom. The Hall–Kier alpha value is -1.59. The molecule has 21 heavy (non-hydrogen) atoms. The van der Waals surface area contributed by atoms with E-state index in [0.717, 1.165) is 11.8 Å². The molecule has 1 spiro atoms. The number of likely N-dealkylation sites (tertiary alicyclic amines) is 1. The van der Waals surface area contributed by atoms with Crippen molar-refractivity contribution in [3.05, 3.63) is 0 Å². The van der Waals surface area contributed by atoms with Crippen LogP contribution in [-0.2, 0) is 9.59 Å². The topological polar surface area (TPSA) is 78.5 Å². The molecule has 0 aromatic heterocycles. The van der Waals surface area contributed by atoms with Gasteiger partial charge in [-0.1, -0.05) is 6.42 Å². The molecule has 4 rings (SSSR count). The molecule has 114 valence electrons. The van der Waals surface area contributed by atoms with Crippen molar-refractivity contribution in [2.24, 2.45) is 17.8 Å². The van der Waals surface area contributed by atoms with Crippen molar-refractivity contribution < 1.29 is 14.4 Å². The van der Waals surface area contributed by atoms with Gasteiger partial charge in [-0.3, -0.25) is 14.9 Å². The predicted molar refractivity (Wildman–Crippen MR) is 74.2 cm³/mol. The van der Waals surface area contributed by atoms with Crippen LogP contribution >= 0.6 is 0 Å². The summed E-state index contributed by atoms with van der Waals surface area (Å²) >= 11 is 0. The Labute approximate surface area is 123 Å². The molecule has 0 radical (unpaired) electrons. The number of imide groups is 1. The first-order valence-corrected chi connectivity index (χ1v) is 7.97. The number of carbonyl (C=O) groups excluding carboxylic acids is 3. The first kappa shape index (κ1) is 13.1. The number of rotatable bonds is 2. The summed E-state index contributed by atoms with van der Waals surface area (Å²) < 4.78 is 0. The van der Waals surface area contributed by atoms with Gasteiger partial charge in [0.15, 0.2) is 0 Å².